The van der Waals surface area contributed by atoms with E-state index >= 15 is 0 Å². The summed E-state index contributed by atoms with van der Waals surface area (Å²) in [5.74, 6) is 1.02. The molecule has 0 fully saturated rings. The third kappa shape index (κ3) is 5.11. The van der Waals surface area contributed by atoms with Crippen LogP contribution >= 0.6 is 0 Å². The van der Waals surface area contributed by atoms with Crippen molar-refractivity contribution in [2.75, 3.05) is 34.5 Å². The highest BCUT2D eigenvalue weighted by Crippen LogP contribution is 2.39. The molecule has 0 aromatic heterocycles. The number of benzene rings is 2. The van der Waals surface area contributed by atoms with Crippen molar-refractivity contribution in [3.63, 3.8) is 0 Å². The lowest BCUT2D eigenvalue weighted by molar-refractivity contribution is -0.144. The Hall–Kier alpha value is -3.73. The summed E-state index contributed by atoms with van der Waals surface area (Å²) >= 11 is 0. The van der Waals surface area contributed by atoms with Gasteiger partial charge in [0, 0.05) is 6.54 Å². The van der Waals surface area contributed by atoms with Gasteiger partial charge in [-0.2, -0.15) is 5.26 Å². The zero-order valence-electron chi connectivity index (χ0n) is 18.4. The SMILES string of the molecule is COC(=O)C[C@H]1c2cc(OC)c(OC)cc2CCN1C(=O)COc1ccc(CC#N)cc1. The number of nitrogens with zero attached hydrogens (tertiary/aromatic N) is 2. The van der Waals surface area contributed by atoms with Crippen LogP contribution in [0, 0.1) is 11.3 Å². The molecule has 1 atom stereocenters. The molecule has 2 aromatic rings. The van der Waals surface area contributed by atoms with Crippen LogP contribution in [0.3, 0.4) is 0 Å². The second-order valence-corrected chi connectivity index (χ2v) is 7.31. The minimum absolute atomic E-state index is 0.0214. The first-order valence-electron chi connectivity index (χ1n) is 10.2. The number of amides is 1. The van der Waals surface area contributed by atoms with Gasteiger partial charge in [-0.15, -0.1) is 0 Å². The maximum absolute atomic E-state index is 13.1. The van der Waals surface area contributed by atoms with Crippen LogP contribution < -0.4 is 14.2 Å². The minimum Gasteiger partial charge on any atom is -0.493 e. The molecular weight excluding hydrogens is 412 g/mol. The smallest absolute Gasteiger partial charge is 0.307 e. The van der Waals surface area contributed by atoms with Crippen molar-refractivity contribution in [1.29, 1.82) is 5.26 Å². The van der Waals surface area contributed by atoms with Crippen molar-refractivity contribution in [3.8, 4) is 23.3 Å². The van der Waals surface area contributed by atoms with Gasteiger partial charge in [0.1, 0.15) is 5.75 Å². The summed E-state index contributed by atoms with van der Waals surface area (Å²) in [6.07, 6.45) is 0.950. The lowest BCUT2D eigenvalue weighted by Gasteiger charge is -2.37. The molecule has 0 saturated carbocycles. The van der Waals surface area contributed by atoms with Gasteiger partial charge in [-0.25, -0.2) is 0 Å². The van der Waals surface area contributed by atoms with E-state index in [1.807, 2.05) is 12.1 Å². The van der Waals surface area contributed by atoms with E-state index in [0.717, 1.165) is 16.7 Å². The summed E-state index contributed by atoms with van der Waals surface area (Å²) in [6.45, 7) is 0.269. The summed E-state index contributed by atoms with van der Waals surface area (Å²) in [6, 6.07) is 12.3. The molecule has 1 amide bonds. The van der Waals surface area contributed by atoms with Crippen LogP contribution in [0.15, 0.2) is 36.4 Å². The summed E-state index contributed by atoms with van der Waals surface area (Å²) < 4.78 is 21.3. The Kier molecular flexibility index (Phi) is 7.55. The predicted molar refractivity (Wildman–Crippen MR) is 116 cm³/mol. The standard InChI is InChI=1S/C24H26N2O6/c1-29-21-12-17-9-11-26(20(14-24(28)31-3)19(17)13-22(21)30-2)23(27)15-32-18-6-4-16(5-7-18)8-10-25/h4-7,12-13,20H,8-9,11,14-15H2,1-3H3/t20-/m0/s1. The first kappa shape index (κ1) is 22.9. The van der Waals surface area contributed by atoms with E-state index in [2.05, 4.69) is 6.07 Å². The fourth-order valence-electron chi connectivity index (χ4n) is 3.81. The Bertz CT molecular complexity index is 1010. The van der Waals surface area contributed by atoms with E-state index in [1.165, 1.54) is 7.11 Å². The van der Waals surface area contributed by atoms with E-state index in [4.69, 9.17) is 24.2 Å². The van der Waals surface area contributed by atoms with Gasteiger partial charge in [0.05, 0.1) is 46.3 Å². The van der Waals surface area contributed by atoms with Crippen LogP contribution in [0.5, 0.6) is 17.2 Å². The van der Waals surface area contributed by atoms with Gasteiger partial charge in [-0.1, -0.05) is 12.1 Å². The van der Waals surface area contributed by atoms with Gasteiger partial charge in [0.25, 0.3) is 5.91 Å². The van der Waals surface area contributed by atoms with Gasteiger partial charge < -0.3 is 23.8 Å². The van der Waals surface area contributed by atoms with E-state index in [1.54, 1.807) is 43.4 Å². The average molecular weight is 438 g/mol. The van der Waals surface area contributed by atoms with Gasteiger partial charge >= 0.3 is 5.97 Å². The number of methoxy groups -OCH3 is 3. The molecule has 1 aliphatic heterocycles. The fraction of sp³-hybridized carbons (Fsp3) is 0.375. The number of nitriles is 1. The number of ether oxygens (including phenoxy) is 4. The lowest BCUT2D eigenvalue weighted by atomic mass is 9.90. The highest BCUT2D eigenvalue weighted by molar-refractivity contribution is 5.80. The summed E-state index contributed by atoms with van der Waals surface area (Å²) in [5.41, 5.74) is 2.70. The molecule has 0 aliphatic carbocycles. The first-order valence-corrected chi connectivity index (χ1v) is 10.2. The van der Waals surface area contributed by atoms with Crippen molar-refractivity contribution in [3.05, 3.63) is 53.1 Å². The second kappa shape index (κ2) is 10.5. The van der Waals surface area contributed by atoms with Gasteiger partial charge in [0.15, 0.2) is 18.1 Å². The molecule has 168 valence electrons. The number of esters is 1. The Morgan fingerprint density at radius 1 is 1.09 bits per heavy atom. The molecule has 1 aliphatic rings. The number of carbonyl (C=O) groups is 2. The van der Waals surface area contributed by atoms with Crippen molar-refractivity contribution in [2.24, 2.45) is 0 Å². The van der Waals surface area contributed by atoms with E-state index in [0.29, 0.717) is 36.6 Å². The minimum atomic E-state index is -0.500. The van der Waals surface area contributed by atoms with Crippen molar-refractivity contribution < 1.29 is 28.5 Å². The fourth-order valence-corrected chi connectivity index (χ4v) is 3.81. The molecule has 1 heterocycles. The summed E-state index contributed by atoms with van der Waals surface area (Å²) in [7, 11) is 4.44. The monoisotopic (exact) mass is 438 g/mol. The first-order chi connectivity index (χ1) is 15.5. The van der Waals surface area contributed by atoms with Crippen molar-refractivity contribution >= 4 is 11.9 Å². The Morgan fingerprint density at radius 2 is 1.78 bits per heavy atom. The molecule has 0 N–H and O–H groups in total. The summed E-state index contributed by atoms with van der Waals surface area (Å²) in [5, 5.41) is 8.77. The molecule has 0 spiro atoms. The van der Waals surface area contributed by atoms with Crippen LogP contribution in [-0.4, -0.2) is 51.3 Å². The molecule has 0 unspecified atom stereocenters. The van der Waals surface area contributed by atoms with Crippen LogP contribution in [-0.2, 0) is 27.2 Å². The summed E-state index contributed by atoms with van der Waals surface area (Å²) in [4.78, 5) is 26.8. The molecule has 32 heavy (non-hydrogen) atoms. The van der Waals surface area contributed by atoms with Crippen molar-refractivity contribution in [1.82, 2.24) is 4.90 Å². The van der Waals surface area contributed by atoms with E-state index < -0.39 is 12.0 Å². The predicted octanol–water partition coefficient (Wildman–Crippen LogP) is 2.84. The molecular formula is C24H26N2O6. The van der Waals surface area contributed by atoms with Crippen LogP contribution in [0.1, 0.15) is 29.2 Å². The maximum Gasteiger partial charge on any atom is 0.307 e. The molecule has 8 heteroatoms. The number of hydrogen-bond acceptors (Lipinski definition) is 7. The maximum atomic E-state index is 13.1. The largest absolute Gasteiger partial charge is 0.493 e. The van der Waals surface area contributed by atoms with Crippen LogP contribution in [0.2, 0.25) is 0 Å². The van der Waals surface area contributed by atoms with Gasteiger partial charge in [-0.3, -0.25) is 9.59 Å². The number of fused-ring (bicyclic) bond motifs is 1. The van der Waals surface area contributed by atoms with Crippen LogP contribution in [0.25, 0.3) is 0 Å². The second-order valence-electron chi connectivity index (χ2n) is 7.31. The van der Waals surface area contributed by atoms with Gasteiger partial charge in [-0.05, 0) is 47.4 Å². The zero-order valence-corrected chi connectivity index (χ0v) is 18.4. The quantitative estimate of drug-likeness (QED) is 0.585. The lowest BCUT2D eigenvalue weighted by Crippen LogP contribution is -2.43. The Labute approximate surface area is 187 Å². The van der Waals surface area contributed by atoms with Crippen LogP contribution in [0.4, 0.5) is 0 Å². The topological polar surface area (TPSA) is 98.1 Å². The van der Waals surface area contributed by atoms with Gasteiger partial charge in [0.2, 0.25) is 0 Å². The van der Waals surface area contributed by atoms with Crippen molar-refractivity contribution in [2.45, 2.75) is 25.3 Å². The normalized spacial score (nSPS) is 14.7. The zero-order chi connectivity index (χ0) is 23.1. The Balaban J connectivity index is 1.80. The third-order valence-electron chi connectivity index (χ3n) is 5.48. The molecule has 2 aromatic carbocycles. The van der Waals surface area contributed by atoms with E-state index in [9.17, 15) is 9.59 Å². The molecule has 3 rings (SSSR count). The average Bonchev–Trinajstić information content (AvgIpc) is 2.82. The third-order valence-corrected chi connectivity index (χ3v) is 5.48. The number of rotatable bonds is 8. The molecule has 0 bridgehead atoms. The van der Waals surface area contributed by atoms with E-state index in [-0.39, 0.29) is 18.9 Å². The Morgan fingerprint density at radius 3 is 2.41 bits per heavy atom. The highest BCUT2D eigenvalue weighted by Gasteiger charge is 2.34. The number of carbonyl (C=O) groups excluding carboxylic acids is 2. The molecule has 8 nitrogen and oxygen atoms in total. The number of hydrogen-bond donors (Lipinski definition) is 0. The highest BCUT2D eigenvalue weighted by atomic mass is 16.5. The molecule has 0 saturated heterocycles. The molecule has 0 radical (unpaired) electrons.